The van der Waals surface area contributed by atoms with Crippen LogP contribution in [-0.2, 0) is 9.47 Å². The second-order valence-corrected chi connectivity index (χ2v) is 7.69. The molecule has 0 amide bonds. The molecule has 1 aromatic carbocycles. The van der Waals surface area contributed by atoms with Crippen LogP contribution in [-0.4, -0.2) is 68.6 Å². The van der Waals surface area contributed by atoms with E-state index < -0.39 is 6.10 Å². The van der Waals surface area contributed by atoms with Crippen molar-refractivity contribution in [3.05, 3.63) is 29.8 Å². The zero-order valence-electron chi connectivity index (χ0n) is 16.3. The average molecular weight is 377 g/mol. The van der Waals surface area contributed by atoms with Crippen LogP contribution >= 0.6 is 0 Å². The lowest BCUT2D eigenvalue weighted by molar-refractivity contribution is -0.0231. The minimum Gasteiger partial charge on any atom is -0.488 e. The summed E-state index contributed by atoms with van der Waals surface area (Å²) in [6.07, 6.45) is 3.17. The first-order chi connectivity index (χ1) is 13.1. The van der Waals surface area contributed by atoms with Gasteiger partial charge in [0.15, 0.2) is 0 Å². The number of aliphatic hydroxyl groups excluding tert-OH is 1. The first-order valence-electron chi connectivity index (χ1n) is 9.85. The molecule has 2 fully saturated rings. The number of benzene rings is 1. The Kier molecular flexibility index (Phi) is 7.10. The van der Waals surface area contributed by atoms with Crippen molar-refractivity contribution >= 4 is 5.97 Å². The van der Waals surface area contributed by atoms with E-state index in [1.54, 1.807) is 25.3 Å². The SMILES string of the molecule is COCCCCN1C[C@H]2C[C@@H](Oc3cccc(C(=O)OC)c3)[C@H](O)C[C@H]2C1. The molecule has 4 atom stereocenters. The largest absolute Gasteiger partial charge is 0.488 e. The molecule has 1 saturated carbocycles. The van der Waals surface area contributed by atoms with Gasteiger partial charge in [0, 0.05) is 26.8 Å². The third-order valence-electron chi connectivity index (χ3n) is 5.78. The van der Waals surface area contributed by atoms with Crippen LogP contribution in [0.2, 0.25) is 0 Å². The molecule has 0 bridgehead atoms. The number of hydrogen-bond donors (Lipinski definition) is 1. The fourth-order valence-electron chi connectivity index (χ4n) is 4.37. The maximum atomic E-state index is 11.7. The normalized spacial score (nSPS) is 28.0. The third-order valence-corrected chi connectivity index (χ3v) is 5.78. The second-order valence-electron chi connectivity index (χ2n) is 7.69. The summed E-state index contributed by atoms with van der Waals surface area (Å²) in [6, 6.07) is 6.98. The predicted molar refractivity (Wildman–Crippen MR) is 102 cm³/mol. The van der Waals surface area contributed by atoms with Gasteiger partial charge in [-0.25, -0.2) is 4.79 Å². The molecule has 0 aromatic heterocycles. The van der Waals surface area contributed by atoms with Crippen molar-refractivity contribution in [3.63, 3.8) is 0 Å². The van der Waals surface area contributed by atoms with E-state index in [1.807, 2.05) is 6.07 Å². The van der Waals surface area contributed by atoms with Gasteiger partial charge in [-0.05, 0) is 62.3 Å². The van der Waals surface area contributed by atoms with E-state index in [9.17, 15) is 9.90 Å². The molecule has 27 heavy (non-hydrogen) atoms. The van der Waals surface area contributed by atoms with Gasteiger partial charge in [0.1, 0.15) is 11.9 Å². The van der Waals surface area contributed by atoms with Gasteiger partial charge in [-0.2, -0.15) is 0 Å². The van der Waals surface area contributed by atoms with Crippen molar-refractivity contribution in [1.29, 1.82) is 0 Å². The molecular formula is C21H31NO5. The lowest BCUT2D eigenvalue weighted by Crippen LogP contribution is -2.42. The van der Waals surface area contributed by atoms with Crippen molar-refractivity contribution in [2.45, 2.75) is 37.9 Å². The maximum Gasteiger partial charge on any atom is 0.337 e. The number of hydrogen-bond acceptors (Lipinski definition) is 6. The Morgan fingerprint density at radius 2 is 1.96 bits per heavy atom. The lowest BCUT2D eigenvalue weighted by atomic mass is 9.78. The van der Waals surface area contributed by atoms with Crippen LogP contribution in [0.3, 0.4) is 0 Å². The number of carbonyl (C=O) groups excluding carboxylic acids is 1. The highest BCUT2D eigenvalue weighted by molar-refractivity contribution is 5.89. The first kappa shape index (κ1) is 20.1. The number of ether oxygens (including phenoxy) is 3. The van der Waals surface area contributed by atoms with Crippen molar-refractivity contribution in [1.82, 2.24) is 4.90 Å². The minimum absolute atomic E-state index is 0.229. The number of nitrogens with zero attached hydrogens (tertiary/aromatic N) is 1. The third kappa shape index (κ3) is 5.21. The van der Waals surface area contributed by atoms with E-state index in [0.717, 1.165) is 51.9 Å². The van der Waals surface area contributed by atoms with Crippen LogP contribution in [0.15, 0.2) is 24.3 Å². The fraction of sp³-hybridized carbons (Fsp3) is 0.667. The number of likely N-dealkylation sites (tertiary alicyclic amines) is 1. The Labute approximate surface area is 161 Å². The van der Waals surface area contributed by atoms with Crippen LogP contribution < -0.4 is 4.74 Å². The molecule has 6 nitrogen and oxygen atoms in total. The van der Waals surface area contributed by atoms with Crippen LogP contribution in [0, 0.1) is 11.8 Å². The minimum atomic E-state index is -0.471. The highest BCUT2D eigenvalue weighted by atomic mass is 16.5. The van der Waals surface area contributed by atoms with Crippen LogP contribution in [0.4, 0.5) is 0 Å². The molecule has 1 heterocycles. The number of unbranched alkanes of at least 4 members (excludes halogenated alkanes) is 1. The first-order valence-corrected chi connectivity index (χ1v) is 9.85. The van der Waals surface area contributed by atoms with E-state index in [-0.39, 0.29) is 12.1 Å². The van der Waals surface area contributed by atoms with E-state index in [1.165, 1.54) is 7.11 Å². The summed E-state index contributed by atoms with van der Waals surface area (Å²) in [7, 11) is 3.11. The van der Waals surface area contributed by atoms with Gasteiger partial charge in [0.05, 0.1) is 18.8 Å². The Bertz CT molecular complexity index is 622. The number of esters is 1. The quantitative estimate of drug-likeness (QED) is 0.554. The van der Waals surface area contributed by atoms with E-state index in [2.05, 4.69) is 4.90 Å². The fourth-order valence-corrected chi connectivity index (χ4v) is 4.37. The number of fused-ring (bicyclic) bond motifs is 1. The molecule has 1 saturated heterocycles. The van der Waals surface area contributed by atoms with Gasteiger partial charge in [-0.15, -0.1) is 0 Å². The highest BCUT2D eigenvalue weighted by Gasteiger charge is 2.42. The summed E-state index contributed by atoms with van der Waals surface area (Å²) in [4.78, 5) is 14.2. The Balaban J connectivity index is 1.54. The summed E-state index contributed by atoms with van der Waals surface area (Å²) in [6.45, 7) is 4.06. The van der Waals surface area contributed by atoms with E-state index in [0.29, 0.717) is 23.1 Å². The Hall–Kier alpha value is -1.63. The molecule has 0 spiro atoms. The number of rotatable bonds is 8. The second kappa shape index (κ2) is 9.53. The molecule has 0 radical (unpaired) electrons. The molecule has 3 rings (SSSR count). The predicted octanol–water partition coefficient (Wildman–Crippen LogP) is 2.35. The van der Waals surface area contributed by atoms with Crippen LogP contribution in [0.5, 0.6) is 5.75 Å². The monoisotopic (exact) mass is 377 g/mol. The zero-order chi connectivity index (χ0) is 19.2. The number of methoxy groups -OCH3 is 2. The van der Waals surface area contributed by atoms with Crippen LogP contribution in [0.1, 0.15) is 36.0 Å². The summed E-state index contributed by atoms with van der Waals surface area (Å²) < 4.78 is 15.9. The molecule has 1 N–H and O–H groups in total. The van der Waals surface area contributed by atoms with Crippen LogP contribution in [0.25, 0.3) is 0 Å². The molecule has 1 aliphatic carbocycles. The lowest BCUT2D eigenvalue weighted by Gasteiger charge is -2.35. The summed E-state index contributed by atoms with van der Waals surface area (Å²) in [5.41, 5.74) is 0.460. The van der Waals surface area contributed by atoms with Gasteiger partial charge in [0.2, 0.25) is 0 Å². The molecule has 150 valence electrons. The van der Waals surface area contributed by atoms with Gasteiger partial charge in [-0.1, -0.05) is 6.07 Å². The standard InChI is InChI=1S/C21H31NO5/c1-25-9-4-3-8-22-13-16-11-19(23)20(12-17(16)14-22)27-18-7-5-6-15(10-18)21(24)26-2/h5-7,10,16-17,19-20,23H,3-4,8-9,11-14H2,1-2H3/t16-,17+,19+,20+/m0/s1. The van der Waals surface area contributed by atoms with Crippen molar-refractivity contribution < 1.29 is 24.1 Å². The average Bonchev–Trinajstić information content (AvgIpc) is 3.06. The van der Waals surface area contributed by atoms with Gasteiger partial charge < -0.3 is 24.2 Å². The molecular weight excluding hydrogens is 346 g/mol. The zero-order valence-corrected chi connectivity index (χ0v) is 16.3. The summed E-state index contributed by atoms with van der Waals surface area (Å²) in [5, 5.41) is 10.6. The van der Waals surface area contributed by atoms with Crippen molar-refractivity contribution in [3.8, 4) is 5.75 Å². The van der Waals surface area contributed by atoms with E-state index in [4.69, 9.17) is 14.2 Å². The Morgan fingerprint density at radius 1 is 1.19 bits per heavy atom. The van der Waals surface area contributed by atoms with Crippen molar-refractivity contribution in [2.75, 3.05) is 40.5 Å². The van der Waals surface area contributed by atoms with Gasteiger partial charge in [0.25, 0.3) is 0 Å². The Morgan fingerprint density at radius 3 is 2.70 bits per heavy atom. The molecule has 1 aromatic rings. The van der Waals surface area contributed by atoms with E-state index >= 15 is 0 Å². The maximum absolute atomic E-state index is 11.7. The molecule has 1 aliphatic heterocycles. The number of aliphatic hydroxyl groups is 1. The topological polar surface area (TPSA) is 68.2 Å². The highest BCUT2D eigenvalue weighted by Crippen LogP contribution is 2.38. The smallest absolute Gasteiger partial charge is 0.337 e. The summed E-state index contributed by atoms with van der Waals surface area (Å²) in [5.74, 6) is 1.33. The number of carbonyl (C=O) groups is 1. The van der Waals surface area contributed by atoms with Gasteiger partial charge in [-0.3, -0.25) is 0 Å². The molecule has 0 unspecified atom stereocenters. The molecule has 6 heteroatoms. The van der Waals surface area contributed by atoms with Gasteiger partial charge >= 0.3 is 5.97 Å². The van der Waals surface area contributed by atoms with Crippen molar-refractivity contribution in [2.24, 2.45) is 11.8 Å². The summed E-state index contributed by atoms with van der Waals surface area (Å²) >= 11 is 0. The molecule has 2 aliphatic rings.